The van der Waals surface area contributed by atoms with Crippen molar-refractivity contribution < 1.29 is 52.8 Å². The Kier molecular flexibility index (Phi) is 18.4. The molecule has 0 aromatic heterocycles. The van der Waals surface area contributed by atoms with Crippen LogP contribution in [0.5, 0.6) is 0 Å². The minimum Gasteiger partial charge on any atom is -0.372 e. The van der Waals surface area contributed by atoms with Gasteiger partial charge in [0.1, 0.15) is 0 Å². The van der Waals surface area contributed by atoms with Gasteiger partial charge >= 0.3 is 20.6 Å². The highest BCUT2D eigenvalue weighted by Crippen LogP contribution is 2.47. The van der Waals surface area contributed by atoms with E-state index in [2.05, 4.69) is 0 Å². The average Bonchev–Trinajstić information content (AvgIpc) is 2.86. The van der Waals surface area contributed by atoms with Gasteiger partial charge in [-0.25, -0.2) is 22.0 Å². The van der Waals surface area contributed by atoms with Crippen molar-refractivity contribution in [3.63, 3.8) is 0 Å². The number of halogens is 9. The first-order valence-electron chi connectivity index (χ1n) is 13.2. The molecule has 0 heterocycles. The molecule has 0 amide bonds. The van der Waals surface area contributed by atoms with Crippen molar-refractivity contribution in [3.8, 4) is 0 Å². The highest BCUT2D eigenvalue weighted by molar-refractivity contribution is 6.62. The lowest BCUT2D eigenvalue weighted by Crippen LogP contribution is -2.68. The summed E-state index contributed by atoms with van der Waals surface area (Å²) in [7, 11) is -5.31. The van der Waals surface area contributed by atoms with E-state index in [1.165, 1.54) is 0 Å². The summed E-state index contributed by atoms with van der Waals surface area (Å²) in [5.74, 6) is -16.1. The molecule has 224 valence electrons. The molecular formula is C24H43F9O3Si. The Morgan fingerprint density at radius 1 is 0.541 bits per heavy atom. The topological polar surface area (TPSA) is 27.7 Å². The van der Waals surface area contributed by atoms with Crippen LogP contribution in [0.3, 0.4) is 0 Å². The fourth-order valence-corrected chi connectivity index (χ4v) is 6.09. The van der Waals surface area contributed by atoms with E-state index in [9.17, 15) is 35.1 Å². The molecule has 0 rings (SSSR count). The van der Waals surface area contributed by atoms with E-state index in [0.29, 0.717) is 19.3 Å². The molecule has 13 heteroatoms. The lowest BCUT2D eigenvalue weighted by atomic mass is 10.0. The molecule has 0 fully saturated rings. The summed E-state index contributed by atoms with van der Waals surface area (Å²) in [5.41, 5.74) is 0. The van der Waals surface area contributed by atoms with Gasteiger partial charge in [-0.05, 0) is 19.3 Å². The zero-order valence-electron chi connectivity index (χ0n) is 22.0. The Balaban J connectivity index is 6.08. The second kappa shape index (κ2) is 18.7. The molecule has 0 saturated heterocycles. The van der Waals surface area contributed by atoms with Gasteiger partial charge in [0.05, 0.1) is 0 Å². The van der Waals surface area contributed by atoms with Gasteiger partial charge in [0, 0.05) is 19.8 Å². The zero-order valence-corrected chi connectivity index (χ0v) is 23.0. The monoisotopic (exact) mass is 578 g/mol. The van der Waals surface area contributed by atoms with Crippen molar-refractivity contribution in [1.29, 1.82) is 0 Å². The number of unbranched alkanes of at least 4 members (excludes halogenated alkanes) is 9. The number of alkyl halides is 9. The molecule has 0 bridgehead atoms. The van der Waals surface area contributed by atoms with Crippen LogP contribution in [0.15, 0.2) is 0 Å². The molecule has 3 unspecified atom stereocenters. The van der Waals surface area contributed by atoms with Gasteiger partial charge in [-0.2, -0.15) is 17.6 Å². The first kappa shape index (κ1) is 36.5. The van der Waals surface area contributed by atoms with Crippen LogP contribution in [0.1, 0.15) is 97.8 Å². The van der Waals surface area contributed by atoms with E-state index < -0.39 is 45.2 Å². The van der Waals surface area contributed by atoms with Crippen molar-refractivity contribution in [2.24, 2.45) is 0 Å². The molecule has 0 spiro atoms. The quantitative estimate of drug-likeness (QED) is 0.0651. The Bertz CT molecular complexity index is 538. The van der Waals surface area contributed by atoms with Crippen LogP contribution in [0.25, 0.3) is 0 Å². The van der Waals surface area contributed by atoms with E-state index in [4.69, 9.17) is 13.3 Å². The molecule has 0 saturated carbocycles. The summed E-state index contributed by atoms with van der Waals surface area (Å²) >= 11 is 0. The van der Waals surface area contributed by atoms with Gasteiger partial charge in [-0.1, -0.05) is 78.6 Å². The number of rotatable bonds is 24. The third kappa shape index (κ3) is 11.6. The van der Waals surface area contributed by atoms with Gasteiger partial charge in [-0.15, -0.1) is 0 Å². The molecule has 0 N–H and O–H groups in total. The SMILES string of the molecule is CCCCCCO[Si](OCCCCCC)(OCCCCCC)C(F)C(F)(F)C(F)(F)C(F)C(F)C(F)F. The van der Waals surface area contributed by atoms with Crippen LogP contribution in [0.4, 0.5) is 39.5 Å². The predicted molar refractivity (Wildman–Crippen MR) is 127 cm³/mol. The Morgan fingerprint density at radius 2 is 0.892 bits per heavy atom. The fraction of sp³-hybridized carbons (Fsp3) is 1.00. The minimum atomic E-state index is -6.12. The Labute approximate surface area is 216 Å². The lowest BCUT2D eigenvalue weighted by Gasteiger charge is -2.39. The summed E-state index contributed by atoms with van der Waals surface area (Å²) in [6, 6.07) is 0. The van der Waals surface area contributed by atoms with Crippen molar-refractivity contribution in [3.05, 3.63) is 0 Å². The standard InChI is InChI=1S/C24H43F9O3Si/c1-4-7-10-13-16-34-37(35-17-14-11-8-5-2,36-18-15-12-9-6-3)22(29)24(32,33)23(30,31)20(26)19(25)21(27)28/h19-22H,4-18H2,1-3H3. The van der Waals surface area contributed by atoms with Gasteiger partial charge in [0.15, 0.2) is 6.17 Å². The number of hydrogen-bond donors (Lipinski definition) is 0. The third-order valence-electron chi connectivity index (χ3n) is 5.84. The summed E-state index contributed by atoms with van der Waals surface area (Å²) < 4.78 is 142. The Hall–Kier alpha value is -0.533. The summed E-state index contributed by atoms with van der Waals surface area (Å²) in [5, 5.41) is 0. The molecule has 3 atom stereocenters. The van der Waals surface area contributed by atoms with Crippen LogP contribution < -0.4 is 0 Å². The fourth-order valence-electron chi connectivity index (χ4n) is 3.48. The van der Waals surface area contributed by atoms with Gasteiger partial charge in [-0.3, -0.25) is 0 Å². The van der Waals surface area contributed by atoms with E-state index >= 15 is 4.39 Å². The summed E-state index contributed by atoms with van der Waals surface area (Å²) in [4.78, 5) is 0. The molecule has 0 aliphatic carbocycles. The molecule has 37 heavy (non-hydrogen) atoms. The highest BCUT2D eigenvalue weighted by atomic mass is 28.4. The van der Waals surface area contributed by atoms with Crippen molar-refractivity contribution in [2.45, 2.75) is 134 Å². The molecule has 0 aromatic carbocycles. The smallest absolute Gasteiger partial charge is 0.372 e. The van der Waals surface area contributed by atoms with E-state index in [-0.39, 0.29) is 39.1 Å². The predicted octanol–water partition coefficient (Wildman–Crippen LogP) is 8.81. The molecule has 0 aliphatic heterocycles. The van der Waals surface area contributed by atoms with Crippen LogP contribution in [-0.4, -0.2) is 65.0 Å². The van der Waals surface area contributed by atoms with Crippen molar-refractivity contribution in [2.75, 3.05) is 19.8 Å². The van der Waals surface area contributed by atoms with Crippen LogP contribution in [-0.2, 0) is 13.3 Å². The number of hydrogen-bond acceptors (Lipinski definition) is 3. The van der Waals surface area contributed by atoms with Crippen molar-refractivity contribution in [1.82, 2.24) is 0 Å². The maximum Gasteiger partial charge on any atom is 0.543 e. The molecule has 3 nitrogen and oxygen atoms in total. The Morgan fingerprint density at radius 3 is 1.19 bits per heavy atom. The van der Waals surface area contributed by atoms with Gasteiger partial charge in [0.25, 0.3) is 6.43 Å². The molecule has 0 radical (unpaired) electrons. The lowest BCUT2D eigenvalue weighted by molar-refractivity contribution is -0.273. The first-order valence-corrected chi connectivity index (χ1v) is 15.0. The van der Waals surface area contributed by atoms with Crippen LogP contribution >= 0.6 is 0 Å². The van der Waals surface area contributed by atoms with E-state index in [1.54, 1.807) is 0 Å². The normalized spacial score (nSPS) is 15.8. The maximum atomic E-state index is 15.5. The molecule has 0 aliphatic rings. The second-order valence-corrected chi connectivity index (χ2v) is 11.7. The van der Waals surface area contributed by atoms with Crippen LogP contribution in [0.2, 0.25) is 0 Å². The second-order valence-electron chi connectivity index (χ2n) is 9.12. The van der Waals surface area contributed by atoms with Gasteiger partial charge in [0.2, 0.25) is 12.0 Å². The van der Waals surface area contributed by atoms with Crippen LogP contribution in [0, 0.1) is 0 Å². The summed E-state index contributed by atoms with van der Waals surface area (Å²) in [6.45, 7) is 4.68. The zero-order chi connectivity index (χ0) is 28.5. The molecular weight excluding hydrogens is 535 g/mol. The minimum absolute atomic E-state index is 0.263. The van der Waals surface area contributed by atoms with E-state index in [1.807, 2.05) is 20.8 Å². The van der Waals surface area contributed by atoms with Crippen molar-refractivity contribution >= 4 is 8.80 Å². The third-order valence-corrected chi connectivity index (χ3v) is 8.65. The highest BCUT2D eigenvalue weighted by Gasteiger charge is 2.76. The summed E-state index contributed by atoms with van der Waals surface area (Å²) in [6.07, 6.45) is -6.04. The maximum absolute atomic E-state index is 15.5. The first-order chi connectivity index (χ1) is 17.4. The molecule has 0 aromatic rings. The van der Waals surface area contributed by atoms with E-state index in [0.717, 1.165) is 38.5 Å². The largest absolute Gasteiger partial charge is 0.543 e. The van der Waals surface area contributed by atoms with Gasteiger partial charge < -0.3 is 13.3 Å². The average molecular weight is 579 g/mol.